The summed E-state index contributed by atoms with van der Waals surface area (Å²) in [5, 5.41) is 2.95. The Balaban J connectivity index is 2.07. The molecule has 1 fully saturated rings. The fourth-order valence-corrected chi connectivity index (χ4v) is 2.52. The lowest BCUT2D eigenvalue weighted by molar-refractivity contribution is 0.205. The van der Waals surface area contributed by atoms with Crippen molar-refractivity contribution in [1.82, 2.24) is 4.90 Å². The third-order valence-corrected chi connectivity index (χ3v) is 3.59. The van der Waals surface area contributed by atoms with Crippen molar-refractivity contribution in [3.05, 3.63) is 29.0 Å². The first kappa shape index (κ1) is 13.1. The predicted molar refractivity (Wildman–Crippen MR) is 70.4 cm³/mol. The van der Waals surface area contributed by atoms with Crippen LogP contribution in [0.3, 0.4) is 0 Å². The van der Waals surface area contributed by atoms with Crippen LogP contribution >= 0.6 is 11.6 Å². The van der Waals surface area contributed by atoms with E-state index in [-0.39, 0.29) is 11.1 Å². The molecule has 1 aromatic rings. The van der Waals surface area contributed by atoms with E-state index in [0.717, 1.165) is 25.8 Å². The number of likely N-dealkylation sites (tertiary alicyclic amines) is 1. The van der Waals surface area contributed by atoms with Gasteiger partial charge in [0.2, 0.25) is 0 Å². The van der Waals surface area contributed by atoms with Crippen molar-refractivity contribution in [3.8, 4) is 0 Å². The number of hydrogen-bond acceptors (Lipinski definition) is 1. The van der Waals surface area contributed by atoms with Gasteiger partial charge < -0.3 is 10.2 Å². The second kappa shape index (κ2) is 5.57. The number of benzene rings is 1. The maximum absolute atomic E-state index is 12.9. The monoisotopic (exact) mass is 270 g/mol. The van der Waals surface area contributed by atoms with E-state index in [0.29, 0.717) is 11.7 Å². The van der Waals surface area contributed by atoms with Crippen LogP contribution in [0.4, 0.5) is 14.9 Å². The van der Waals surface area contributed by atoms with Gasteiger partial charge in [-0.3, -0.25) is 0 Å². The molecule has 0 spiro atoms. The molecule has 18 heavy (non-hydrogen) atoms. The van der Waals surface area contributed by atoms with Gasteiger partial charge in [0, 0.05) is 12.6 Å². The summed E-state index contributed by atoms with van der Waals surface area (Å²) in [7, 11) is 0. The molecule has 5 heteroatoms. The third-order valence-electron chi connectivity index (χ3n) is 3.28. The van der Waals surface area contributed by atoms with Gasteiger partial charge in [-0.25, -0.2) is 9.18 Å². The van der Waals surface area contributed by atoms with Crippen molar-refractivity contribution < 1.29 is 9.18 Å². The van der Waals surface area contributed by atoms with Crippen LogP contribution in [-0.2, 0) is 0 Å². The van der Waals surface area contributed by atoms with Gasteiger partial charge in [0.25, 0.3) is 0 Å². The summed E-state index contributed by atoms with van der Waals surface area (Å²) in [6.45, 7) is 2.84. The van der Waals surface area contributed by atoms with Crippen molar-refractivity contribution in [2.45, 2.75) is 32.2 Å². The molecule has 0 saturated carbocycles. The summed E-state index contributed by atoms with van der Waals surface area (Å²) < 4.78 is 12.9. The van der Waals surface area contributed by atoms with E-state index >= 15 is 0 Å². The summed E-state index contributed by atoms with van der Waals surface area (Å²) >= 11 is 5.88. The molecular formula is C13H16ClFN2O. The van der Waals surface area contributed by atoms with Crippen molar-refractivity contribution in [1.29, 1.82) is 0 Å². The van der Waals surface area contributed by atoms with Crippen molar-refractivity contribution in [2.24, 2.45) is 0 Å². The first-order valence-electron chi connectivity index (χ1n) is 6.14. The molecule has 1 N–H and O–H groups in total. The van der Waals surface area contributed by atoms with Crippen LogP contribution in [0, 0.1) is 5.82 Å². The molecule has 1 saturated heterocycles. The maximum atomic E-state index is 12.9. The topological polar surface area (TPSA) is 32.3 Å². The zero-order valence-corrected chi connectivity index (χ0v) is 11.0. The lowest BCUT2D eigenvalue weighted by atomic mass is 10.2. The molecule has 1 aromatic carbocycles. The van der Waals surface area contributed by atoms with Crippen molar-refractivity contribution >= 4 is 23.3 Å². The van der Waals surface area contributed by atoms with Gasteiger partial charge in [0.15, 0.2) is 0 Å². The third kappa shape index (κ3) is 2.75. The number of amides is 2. The van der Waals surface area contributed by atoms with Crippen molar-refractivity contribution in [3.63, 3.8) is 0 Å². The predicted octanol–water partition coefficient (Wildman–Crippen LogP) is 3.89. The molecule has 0 radical (unpaired) electrons. The van der Waals surface area contributed by atoms with E-state index < -0.39 is 5.82 Å². The summed E-state index contributed by atoms with van der Waals surface area (Å²) in [4.78, 5) is 13.9. The second-order valence-corrected chi connectivity index (χ2v) is 4.86. The number of carbonyl (C=O) groups is 1. The summed E-state index contributed by atoms with van der Waals surface area (Å²) in [6.07, 6.45) is 3.02. The Morgan fingerprint density at radius 1 is 1.61 bits per heavy atom. The van der Waals surface area contributed by atoms with E-state index in [2.05, 4.69) is 12.2 Å². The molecule has 3 nitrogen and oxygen atoms in total. The van der Waals surface area contributed by atoms with E-state index in [1.807, 2.05) is 4.90 Å². The minimum absolute atomic E-state index is 0.159. The van der Waals surface area contributed by atoms with Crippen LogP contribution in [0.15, 0.2) is 18.2 Å². The second-order valence-electron chi connectivity index (χ2n) is 4.45. The average molecular weight is 271 g/mol. The number of nitrogens with zero attached hydrogens (tertiary/aromatic N) is 1. The highest BCUT2D eigenvalue weighted by Crippen LogP contribution is 2.25. The van der Waals surface area contributed by atoms with E-state index in [1.54, 1.807) is 0 Å². The first-order valence-corrected chi connectivity index (χ1v) is 6.52. The van der Waals surface area contributed by atoms with E-state index in [1.165, 1.54) is 18.2 Å². The Morgan fingerprint density at radius 3 is 3.06 bits per heavy atom. The maximum Gasteiger partial charge on any atom is 0.322 e. The molecule has 2 amide bonds. The van der Waals surface area contributed by atoms with Crippen LogP contribution in [-0.4, -0.2) is 23.5 Å². The largest absolute Gasteiger partial charge is 0.322 e. The van der Waals surface area contributed by atoms with Gasteiger partial charge in [0.1, 0.15) is 5.82 Å². The summed E-state index contributed by atoms with van der Waals surface area (Å²) in [6, 6.07) is 4.09. The van der Waals surface area contributed by atoms with Crippen LogP contribution in [0.1, 0.15) is 26.2 Å². The Hall–Kier alpha value is -1.29. The molecule has 98 valence electrons. The van der Waals surface area contributed by atoms with Crippen LogP contribution < -0.4 is 5.32 Å². The standard InChI is InChI=1S/C13H16ClFN2O/c1-2-10-4-3-7-17(10)13(18)16-12-6-5-9(15)8-11(12)14/h5-6,8,10H,2-4,7H2,1H3,(H,16,18)/t10-/m1/s1. The number of urea groups is 1. The molecule has 1 aliphatic heterocycles. The van der Waals surface area contributed by atoms with E-state index in [4.69, 9.17) is 11.6 Å². The minimum atomic E-state index is -0.411. The number of nitrogens with one attached hydrogen (secondary N) is 1. The molecule has 1 heterocycles. The van der Waals surface area contributed by atoms with Gasteiger partial charge in [-0.15, -0.1) is 0 Å². The molecule has 0 unspecified atom stereocenters. The van der Waals surface area contributed by atoms with Gasteiger partial charge in [-0.1, -0.05) is 18.5 Å². The fourth-order valence-electron chi connectivity index (χ4n) is 2.31. The molecule has 0 aromatic heterocycles. The molecule has 0 bridgehead atoms. The summed E-state index contributed by atoms with van der Waals surface area (Å²) in [5.74, 6) is -0.411. The van der Waals surface area contributed by atoms with E-state index in [9.17, 15) is 9.18 Å². The lowest BCUT2D eigenvalue weighted by Crippen LogP contribution is -2.38. The van der Waals surface area contributed by atoms with Gasteiger partial charge in [-0.05, 0) is 37.5 Å². The Labute approximate surface area is 111 Å². The highest BCUT2D eigenvalue weighted by molar-refractivity contribution is 6.33. The molecule has 0 aliphatic carbocycles. The lowest BCUT2D eigenvalue weighted by Gasteiger charge is -2.24. The minimum Gasteiger partial charge on any atom is -0.322 e. The molecule has 1 atom stereocenters. The van der Waals surface area contributed by atoms with Gasteiger partial charge in [0.05, 0.1) is 10.7 Å². The number of carbonyl (C=O) groups excluding carboxylic acids is 1. The number of hydrogen-bond donors (Lipinski definition) is 1. The molecular weight excluding hydrogens is 255 g/mol. The zero-order chi connectivity index (χ0) is 13.1. The van der Waals surface area contributed by atoms with Gasteiger partial charge >= 0.3 is 6.03 Å². The summed E-state index contributed by atoms with van der Waals surface area (Å²) in [5.41, 5.74) is 0.449. The Kier molecular flexibility index (Phi) is 4.07. The smallest absolute Gasteiger partial charge is 0.322 e. The van der Waals surface area contributed by atoms with Crippen LogP contribution in [0.25, 0.3) is 0 Å². The Bertz CT molecular complexity index is 453. The highest BCUT2D eigenvalue weighted by atomic mass is 35.5. The van der Waals surface area contributed by atoms with Gasteiger partial charge in [-0.2, -0.15) is 0 Å². The normalized spacial score (nSPS) is 19.1. The fraction of sp³-hybridized carbons (Fsp3) is 0.462. The van der Waals surface area contributed by atoms with Crippen LogP contribution in [0.5, 0.6) is 0 Å². The number of halogens is 2. The molecule has 1 aliphatic rings. The SMILES string of the molecule is CC[C@@H]1CCCN1C(=O)Nc1ccc(F)cc1Cl. The van der Waals surface area contributed by atoms with Crippen LogP contribution in [0.2, 0.25) is 5.02 Å². The quantitative estimate of drug-likeness (QED) is 0.869. The Morgan fingerprint density at radius 2 is 2.39 bits per heavy atom. The number of anilines is 1. The van der Waals surface area contributed by atoms with Crippen molar-refractivity contribution in [2.75, 3.05) is 11.9 Å². The average Bonchev–Trinajstić information content (AvgIpc) is 2.81. The number of rotatable bonds is 2. The first-order chi connectivity index (χ1) is 8.61. The zero-order valence-electron chi connectivity index (χ0n) is 10.2. The molecule has 2 rings (SSSR count). The highest BCUT2D eigenvalue weighted by Gasteiger charge is 2.27.